The van der Waals surface area contributed by atoms with E-state index in [0.717, 1.165) is 12.1 Å². The highest BCUT2D eigenvalue weighted by Gasteiger charge is 2.30. The van der Waals surface area contributed by atoms with Crippen molar-refractivity contribution in [3.05, 3.63) is 102 Å². The van der Waals surface area contributed by atoms with Crippen molar-refractivity contribution >= 4 is 39.7 Å². The van der Waals surface area contributed by atoms with E-state index in [9.17, 15) is 23.2 Å². The maximum Gasteiger partial charge on any atom is 0.416 e. The van der Waals surface area contributed by atoms with Crippen molar-refractivity contribution in [1.29, 1.82) is 5.26 Å². The van der Waals surface area contributed by atoms with E-state index in [0.29, 0.717) is 56.5 Å². The molecule has 222 valence electrons. The molecule has 1 aromatic heterocycles. The summed E-state index contributed by atoms with van der Waals surface area (Å²) in [6.45, 7) is 0. The van der Waals surface area contributed by atoms with Crippen LogP contribution in [0.2, 0.25) is 0 Å². The van der Waals surface area contributed by atoms with Gasteiger partial charge in [-0.2, -0.15) is 18.4 Å². The van der Waals surface area contributed by atoms with E-state index in [1.807, 2.05) is 0 Å². The van der Waals surface area contributed by atoms with E-state index >= 15 is 0 Å². The lowest BCUT2D eigenvalue weighted by Gasteiger charge is -2.15. The highest BCUT2D eigenvalue weighted by Crippen LogP contribution is 2.37. The Balaban J connectivity index is 1.27. The smallest absolute Gasteiger partial charge is 0.416 e. The fraction of sp³-hybridized carbons (Fsp3) is 0.0938. The van der Waals surface area contributed by atoms with Crippen LogP contribution in [0.3, 0.4) is 0 Å². The van der Waals surface area contributed by atoms with Gasteiger partial charge < -0.3 is 30.2 Å². The molecule has 1 heterocycles. The van der Waals surface area contributed by atoms with Crippen molar-refractivity contribution < 1.29 is 32.2 Å². The zero-order valence-electron chi connectivity index (χ0n) is 23.3. The van der Waals surface area contributed by atoms with E-state index in [1.165, 1.54) is 32.5 Å². The first-order valence-corrected chi connectivity index (χ1v) is 13.0. The molecule has 9 nitrogen and oxygen atoms in total. The average Bonchev–Trinajstić information content (AvgIpc) is 3.01. The molecule has 44 heavy (non-hydrogen) atoms. The van der Waals surface area contributed by atoms with Crippen LogP contribution in [0.5, 0.6) is 23.0 Å². The van der Waals surface area contributed by atoms with Crippen molar-refractivity contribution in [3.63, 3.8) is 0 Å². The number of nitrogens with one attached hydrogen (secondary N) is 3. The number of ether oxygens (including phenoxy) is 3. The Bertz CT molecular complexity index is 1870. The Morgan fingerprint density at radius 1 is 0.818 bits per heavy atom. The van der Waals surface area contributed by atoms with Crippen molar-refractivity contribution in [1.82, 2.24) is 4.98 Å². The number of rotatable bonds is 8. The third-order valence-electron chi connectivity index (χ3n) is 6.39. The molecule has 5 aromatic rings. The lowest BCUT2D eigenvalue weighted by atomic mass is 10.1. The van der Waals surface area contributed by atoms with Gasteiger partial charge in [0, 0.05) is 40.8 Å². The molecule has 12 heteroatoms. The number of hydrogen-bond acceptors (Lipinski definition) is 7. The van der Waals surface area contributed by atoms with Crippen LogP contribution in [0.4, 0.5) is 40.7 Å². The fourth-order valence-electron chi connectivity index (χ4n) is 4.33. The van der Waals surface area contributed by atoms with Gasteiger partial charge in [-0.15, -0.1) is 0 Å². The van der Waals surface area contributed by atoms with Gasteiger partial charge in [-0.05, 0) is 60.7 Å². The Kier molecular flexibility index (Phi) is 8.39. The maximum atomic E-state index is 13.0. The number of amides is 2. The Labute approximate surface area is 249 Å². The van der Waals surface area contributed by atoms with Crippen LogP contribution in [-0.2, 0) is 6.18 Å². The number of carbonyl (C=O) groups excluding carboxylic acids is 1. The molecule has 0 bridgehead atoms. The van der Waals surface area contributed by atoms with Gasteiger partial charge in [-0.25, -0.2) is 4.79 Å². The van der Waals surface area contributed by atoms with Gasteiger partial charge in [0.25, 0.3) is 0 Å². The van der Waals surface area contributed by atoms with Gasteiger partial charge in [0.05, 0.1) is 36.6 Å². The van der Waals surface area contributed by atoms with E-state index < -0.39 is 17.8 Å². The van der Waals surface area contributed by atoms with Crippen molar-refractivity contribution in [2.45, 2.75) is 6.18 Å². The van der Waals surface area contributed by atoms with Crippen molar-refractivity contribution in [2.75, 3.05) is 30.2 Å². The Morgan fingerprint density at radius 2 is 1.48 bits per heavy atom. The number of alkyl halides is 3. The van der Waals surface area contributed by atoms with E-state index in [4.69, 9.17) is 14.2 Å². The third kappa shape index (κ3) is 6.74. The van der Waals surface area contributed by atoms with Crippen LogP contribution in [0.15, 0.2) is 91.1 Å². The SMILES string of the molecule is COc1cc2ncc(C#N)c(Nc3ccc(Oc4cccc(NC(=O)Nc5cccc(C(F)(F)F)c5)c4)cc3)c2cc1OC. The first-order valence-electron chi connectivity index (χ1n) is 13.0. The molecule has 4 aromatic carbocycles. The fourth-order valence-corrected chi connectivity index (χ4v) is 4.33. The summed E-state index contributed by atoms with van der Waals surface area (Å²) in [5.74, 6) is 1.91. The van der Waals surface area contributed by atoms with Gasteiger partial charge in [0.1, 0.15) is 17.6 Å². The maximum absolute atomic E-state index is 13.0. The second-order valence-electron chi connectivity index (χ2n) is 9.32. The number of halogens is 3. The van der Waals surface area contributed by atoms with E-state index in [1.54, 1.807) is 60.7 Å². The number of methoxy groups -OCH3 is 2. The van der Waals surface area contributed by atoms with Crippen LogP contribution in [-0.4, -0.2) is 25.2 Å². The average molecular weight is 600 g/mol. The molecule has 5 rings (SSSR count). The third-order valence-corrected chi connectivity index (χ3v) is 6.39. The van der Waals surface area contributed by atoms with Crippen LogP contribution < -0.4 is 30.2 Å². The summed E-state index contributed by atoms with van der Waals surface area (Å²) in [6, 6.07) is 22.8. The predicted molar refractivity (Wildman–Crippen MR) is 160 cm³/mol. The summed E-state index contributed by atoms with van der Waals surface area (Å²) in [5, 5.41) is 18.6. The standard InChI is InChI=1S/C32H24F3N5O4/c1-42-28-15-26-27(16-29(28)43-2)37-18-19(17-36)30(26)38-21-9-11-24(12-10-21)44-25-8-4-7-23(14-25)40-31(41)39-22-6-3-5-20(13-22)32(33,34)35/h3-16,18H,1-2H3,(H,37,38)(H2,39,40,41). The molecule has 0 unspecified atom stereocenters. The number of pyridine rings is 1. The highest BCUT2D eigenvalue weighted by molar-refractivity contribution is 6.00. The summed E-state index contributed by atoms with van der Waals surface area (Å²) in [6.07, 6.45) is -3.04. The molecule has 3 N–H and O–H groups in total. The Morgan fingerprint density at radius 3 is 2.14 bits per heavy atom. The minimum atomic E-state index is -4.52. The topological polar surface area (TPSA) is 118 Å². The number of aromatic nitrogens is 1. The van der Waals surface area contributed by atoms with Crippen LogP contribution in [0, 0.1) is 11.3 Å². The second kappa shape index (κ2) is 12.5. The van der Waals surface area contributed by atoms with Gasteiger partial charge in [-0.3, -0.25) is 4.98 Å². The largest absolute Gasteiger partial charge is 0.493 e. The molecule has 0 radical (unpaired) electrons. The summed E-state index contributed by atoms with van der Waals surface area (Å²) in [5.41, 5.74) is 1.68. The first-order chi connectivity index (χ1) is 21.2. The van der Waals surface area contributed by atoms with Gasteiger partial charge in [0.2, 0.25) is 0 Å². The molecule has 0 aliphatic heterocycles. The Hall–Kier alpha value is -5.96. The lowest BCUT2D eigenvalue weighted by Crippen LogP contribution is -2.19. The van der Waals surface area contributed by atoms with E-state index in [-0.39, 0.29) is 5.69 Å². The number of carbonyl (C=O) groups is 1. The quantitative estimate of drug-likeness (QED) is 0.164. The summed E-state index contributed by atoms with van der Waals surface area (Å²) >= 11 is 0. The number of nitriles is 1. The number of anilines is 4. The minimum Gasteiger partial charge on any atom is -0.493 e. The normalized spacial score (nSPS) is 10.9. The predicted octanol–water partition coefficient (Wildman–Crippen LogP) is 8.32. The van der Waals surface area contributed by atoms with Crippen molar-refractivity contribution in [2.24, 2.45) is 0 Å². The minimum absolute atomic E-state index is 0.000976. The van der Waals surface area contributed by atoms with Crippen LogP contribution in [0.25, 0.3) is 10.9 Å². The number of hydrogen-bond donors (Lipinski definition) is 3. The summed E-state index contributed by atoms with van der Waals surface area (Å²) in [7, 11) is 3.06. The number of nitrogens with zero attached hydrogens (tertiary/aromatic N) is 2. The molecule has 0 saturated heterocycles. The molecular formula is C32H24F3N5O4. The molecule has 0 aliphatic rings. The van der Waals surface area contributed by atoms with Gasteiger partial charge in [0.15, 0.2) is 11.5 Å². The molecule has 0 saturated carbocycles. The summed E-state index contributed by atoms with van der Waals surface area (Å²) in [4.78, 5) is 16.8. The monoisotopic (exact) mass is 599 g/mol. The second-order valence-corrected chi connectivity index (χ2v) is 9.32. The van der Waals surface area contributed by atoms with Gasteiger partial charge >= 0.3 is 12.2 Å². The number of urea groups is 1. The number of fused-ring (bicyclic) bond motifs is 1. The van der Waals surface area contributed by atoms with E-state index in [2.05, 4.69) is 27.0 Å². The molecule has 0 atom stereocenters. The highest BCUT2D eigenvalue weighted by atomic mass is 19.4. The molecule has 2 amide bonds. The molecule has 0 spiro atoms. The first kappa shape index (κ1) is 29.5. The molecular weight excluding hydrogens is 575 g/mol. The van der Waals surface area contributed by atoms with Gasteiger partial charge in [-0.1, -0.05) is 12.1 Å². The zero-order chi connectivity index (χ0) is 31.3. The summed E-state index contributed by atoms with van der Waals surface area (Å²) < 4.78 is 55.6. The molecule has 0 fully saturated rings. The van der Waals surface area contributed by atoms with Crippen molar-refractivity contribution in [3.8, 4) is 29.1 Å². The van der Waals surface area contributed by atoms with Crippen LogP contribution >= 0.6 is 0 Å². The van der Waals surface area contributed by atoms with Crippen LogP contribution in [0.1, 0.15) is 11.1 Å². The molecule has 0 aliphatic carbocycles. The zero-order valence-corrected chi connectivity index (χ0v) is 23.3. The lowest BCUT2D eigenvalue weighted by molar-refractivity contribution is -0.137. The number of benzene rings is 4.